The highest BCUT2D eigenvalue weighted by Crippen LogP contribution is 2.26. The minimum absolute atomic E-state index is 0.140. The number of amides is 1. The Labute approximate surface area is 121 Å². The first-order valence-electron chi connectivity index (χ1n) is 6.36. The number of para-hydroxylation sites is 2. The SMILES string of the molecule is NCCOc1ccccc1NC(=O)c1cc(O)cc(O)c1. The Balaban J connectivity index is 2.19. The lowest BCUT2D eigenvalue weighted by Gasteiger charge is -2.12. The molecule has 0 aliphatic heterocycles. The molecule has 2 rings (SSSR count). The van der Waals surface area contributed by atoms with E-state index in [0.717, 1.165) is 6.07 Å². The zero-order valence-electron chi connectivity index (χ0n) is 11.2. The number of phenolic OH excluding ortho intramolecular Hbond substituents is 2. The molecule has 110 valence electrons. The number of phenols is 2. The van der Waals surface area contributed by atoms with Crippen molar-refractivity contribution in [2.75, 3.05) is 18.5 Å². The van der Waals surface area contributed by atoms with Crippen molar-refractivity contribution in [1.29, 1.82) is 0 Å². The van der Waals surface area contributed by atoms with E-state index in [-0.39, 0.29) is 17.1 Å². The third-order valence-corrected chi connectivity index (χ3v) is 2.68. The highest BCUT2D eigenvalue weighted by molar-refractivity contribution is 6.05. The van der Waals surface area contributed by atoms with Crippen molar-refractivity contribution in [3.63, 3.8) is 0 Å². The molecule has 0 atom stereocenters. The van der Waals surface area contributed by atoms with Crippen molar-refractivity contribution < 1.29 is 19.7 Å². The van der Waals surface area contributed by atoms with Crippen LogP contribution in [-0.2, 0) is 0 Å². The molecule has 21 heavy (non-hydrogen) atoms. The fourth-order valence-corrected chi connectivity index (χ4v) is 1.79. The Morgan fingerprint density at radius 1 is 1.14 bits per heavy atom. The van der Waals surface area contributed by atoms with E-state index in [0.29, 0.717) is 24.6 Å². The minimum atomic E-state index is -0.468. The lowest BCUT2D eigenvalue weighted by molar-refractivity contribution is 0.102. The van der Waals surface area contributed by atoms with Crippen molar-refractivity contribution in [3.05, 3.63) is 48.0 Å². The van der Waals surface area contributed by atoms with Crippen LogP contribution in [0.1, 0.15) is 10.4 Å². The van der Waals surface area contributed by atoms with Gasteiger partial charge in [0.05, 0.1) is 5.69 Å². The Hall–Kier alpha value is -2.73. The fourth-order valence-electron chi connectivity index (χ4n) is 1.79. The highest BCUT2D eigenvalue weighted by Gasteiger charge is 2.11. The molecule has 0 saturated heterocycles. The largest absolute Gasteiger partial charge is 0.508 e. The number of anilines is 1. The van der Waals surface area contributed by atoms with Crippen molar-refractivity contribution in [2.24, 2.45) is 5.73 Å². The second-order valence-electron chi connectivity index (χ2n) is 4.33. The lowest BCUT2D eigenvalue weighted by Crippen LogP contribution is -2.15. The molecule has 0 radical (unpaired) electrons. The van der Waals surface area contributed by atoms with Crippen LogP contribution in [0.25, 0.3) is 0 Å². The van der Waals surface area contributed by atoms with E-state index in [2.05, 4.69) is 5.32 Å². The number of carbonyl (C=O) groups is 1. The molecule has 6 heteroatoms. The average Bonchev–Trinajstić information content (AvgIpc) is 2.45. The molecule has 0 bridgehead atoms. The van der Waals surface area contributed by atoms with Crippen LogP contribution in [0.15, 0.2) is 42.5 Å². The van der Waals surface area contributed by atoms with Gasteiger partial charge in [0.2, 0.25) is 0 Å². The molecule has 6 nitrogen and oxygen atoms in total. The quantitative estimate of drug-likeness (QED) is 0.670. The van der Waals surface area contributed by atoms with E-state index in [4.69, 9.17) is 10.5 Å². The van der Waals surface area contributed by atoms with Gasteiger partial charge in [-0.05, 0) is 24.3 Å². The zero-order chi connectivity index (χ0) is 15.2. The maximum absolute atomic E-state index is 12.1. The summed E-state index contributed by atoms with van der Waals surface area (Å²) in [5.74, 6) is -0.341. The van der Waals surface area contributed by atoms with Gasteiger partial charge in [0.25, 0.3) is 5.91 Å². The summed E-state index contributed by atoms with van der Waals surface area (Å²) in [5, 5.41) is 21.5. The average molecular weight is 288 g/mol. The molecule has 0 spiro atoms. The number of carbonyl (C=O) groups excluding carboxylic acids is 1. The molecule has 0 aromatic heterocycles. The van der Waals surface area contributed by atoms with E-state index in [1.54, 1.807) is 24.3 Å². The summed E-state index contributed by atoms with van der Waals surface area (Å²) in [7, 11) is 0. The van der Waals surface area contributed by atoms with Crippen LogP contribution in [0.2, 0.25) is 0 Å². The number of aromatic hydroxyl groups is 2. The smallest absolute Gasteiger partial charge is 0.256 e. The molecule has 1 amide bonds. The third kappa shape index (κ3) is 3.87. The summed E-state index contributed by atoms with van der Waals surface area (Å²) in [6.07, 6.45) is 0. The monoisotopic (exact) mass is 288 g/mol. The molecule has 2 aromatic rings. The first-order valence-corrected chi connectivity index (χ1v) is 6.36. The van der Waals surface area contributed by atoms with Gasteiger partial charge in [-0.2, -0.15) is 0 Å². The summed E-state index contributed by atoms with van der Waals surface area (Å²) >= 11 is 0. The van der Waals surface area contributed by atoms with Gasteiger partial charge in [-0.25, -0.2) is 0 Å². The van der Waals surface area contributed by atoms with Crippen molar-refractivity contribution in [1.82, 2.24) is 0 Å². The molecule has 5 N–H and O–H groups in total. The molecule has 0 aliphatic carbocycles. The van der Waals surface area contributed by atoms with Crippen LogP contribution in [-0.4, -0.2) is 29.3 Å². The third-order valence-electron chi connectivity index (χ3n) is 2.68. The first-order chi connectivity index (χ1) is 10.1. The summed E-state index contributed by atoms with van der Waals surface area (Å²) < 4.78 is 5.43. The lowest BCUT2D eigenvalue weighted by atomic mass is 10.2. The van der Waals surface area contributed by atoms with Crippen molar-refractivity contribution in [3.8, 4) is 17.2 Å². The van der Waals surface area contributed by atoms with Crippen LogP contribution in [0.3, 0.4) is 0 Å². The van der Waals surface area contributed by atoms with Crippen LogP contribution in [0.5, 0.6) is 17.2 Å². The Morgan fingerprint density at radius 2 is 1.81 bits per heavy atom. The van der Waals surface area contributed by atoms with Gasteiger partial charge < -0.3 is 26.0 Å². The second-order valence-corrected chi connectivity index (χ2v) is 4.33. The van der Waals surface area contributed by atoms with Crippen molar-refractivity contribution >= 4 is 11.6 Å². The summed E-state index contributed by atoms with van der Waals surface area (Å²) in [6, 6.07) is 10.6. The van der Waals surface area contributed by atoms with Gasteiger partial charge in [-0.15, -0.1) is 0 Å². The van der Waals surface area contributed by atoms with Gasteiger partial charge in [0.1, 0.15) is 23.9 Å². The second kappa shape index (κ2) is 6.62. The van der Waals surface area contributed by atoms with Crippen LogP contribution < -0.4 is 15.8 Å². The number of hydrogen-bond donors (Lipinski definition) is 4. The van der Waals surface area contributed by atoms with Crippen LogP contribution >= 0.6 is 0 Å². The maximum atomic E-state index is 12.1. The van der Waals surface area contributed by atoms with E-state index in [1.807, 2.05) is 0 Å². The van der Waals surface area contributed by atoms with Crippen LogP contribution in [0, 0.1) is 0 Å². The Kier molecular flexibility index (Phi) is 4.63. The maximum Gasteiger partial charge on any atom is 0.256 e. The van der Waals surface area contributed by atoms with Gasteiger partial charge in [0.15, 0.2) is 0 Å². The molecule has 0 aliphatic rings. The van der Waals surface area contributed by atoms with E-state index < -0.39 is 5.91 Å². The van der Waals surface area contributed by atoms with Gasteiger partial charge in [-0.3, -0.25) is 4.79 Å². The molecular formula is C15H16N2O4. The molecule has 2 aromatic carbocycles. The molecule has 0 heterocycles. The van der Waals surface area contributed by atoms with E-state index in [9.17, 15) is 15.0 Å². The van der Waals surface area contributed by atoms with Crippen molar-refractivity contribution in [2.45, 2.75) is 0 Å². The topological polar surface area (TPSA) is 105 Å². The number of ether oxygens (including phenoxy) is 1. The number of hydrogen-bond acceptors (Lipinski definition) is 5. The first kappa shape index (κ1) is 14.7. The molecule has 0 saturated carbocycles. The standard InChI is InChI=1S/C15H16N2O4/c16-5-6-21-14-4-2-1-3-13(14)17-15(20)10-7-11(18)9-12(19)8-10/h1-4,7-9,18-19H,5-6,16H2,(H,17,20). The number of rotatable bonds is 5. The normalized spacial score (nSPS) is 10.1. The summed E-state index contributed by atoms with van der Waals surface area (Å²) in [5.41, 5.74) is 6.01. The summed E-state index contributed by atoms with van der Waals surface area (Å²) in [6.45, 7) is 0.697. The van der Waals surface area contributed by atoms with E-state index >= 15 is 0 Å². The Bertz CT molecular complexity index is 623. The molecular weight excluding hydrogens is 272 g/mol. The van der Waals surface area contributed by atoms with Gasteiger partial charge in [-0.1, -0.05) is 12.1 Å². The molecule has 0 unspecified atom stereocenters. The number of nitrogens with two attached hydrogens (primary N) is 1. The molecule has 0 fully saturated rings. The van der Waals surface area contributed by atoms with Gasteiger partial charge >= 0.3 is 0 Å². The van der Waals surface area contributed by atoms with E-state index in [1.165, 1.54) is 12.1 Å². The van der Waals surface area contributed by atoms with Gasteiger partial charge in [0, 0.05) is 18.2 Å². The predicted octanol–water partition coefficient (Wildman–Crippen LogP) is 1.69. The zero-order valence-corrected chi connectivity index (χ0v) is 11.2. The number of nitrogens with one attached hydrogen (secondary N) is 1. The fraction of sp³-hybridized carbons (Fsp3) is 0.133. The predicted molar refractivity (Wildman–Crippen MR) is 78.7 cm³/mol. The summed E-state index contributed by atoms with van der Waals surface area (Å²) in [4.78, 5) is 12.1. The van der Waals surface area contributed by atoms with Crippen LogP contribution in [0.4, 0.5) is 5.69 Å². The Morgan fingerprint density at radius 3 is 2.48 bits per heavy atom. The highest BCUT2D eigenvalue weighted by atomic mass is 16.5. The number of benzene rings is 2. The minimum Gasteiger partial charge on any atom is -0.508 e.